The zero-order valence-corrected chi connectivity index (χ0v) is 15.0. The van der Waals surface area contributed by atoms with Gasteiger partial charge in [-0.25, -0.2) is 0 Å². The first-order valence-corrected chi connectivity index (χ1v) is 9.27. The highest BCUT2D eigenvalue weighted by atomic mass is 35.5. The van der Waals surface area contributed by atoms with E-state index in [-0.39, 0.29) is 24.0 Å². The first-order chi connectivity index (χ1) is 12.1. The summed E-state index contributed by atoms with van der Waals surface area (Å²) < 4.78 is 0. The number of halogens is 1. The molecular weight excluding hydrogens is 334 g/mol. The van der Waals surface area contributed by atoms with Crippen LogP contribution in [-0.2, 0) is 4.79 Å². The van der Waals surface area contributed by atoms with Gasteiger partial charge in [-0.2, -0.15) is 0 Å². The third-order valence-electron chi connectivity index (χ3n) is 4.90. The van der Waals surface area contributed by atoms with E-state index in [1.165, 1.54) is 0 Å². The Hall–Kier alpha value is -1.84. The fourth-order valence-electron chi connectivity index (χ4n) is 3.53. The zero-order chi connectivity index (χ0) is 17.6. The smallest absolute Gasteiger partial charge is 0.221 e. The third-order valence-corrected chi connectivity index (χ3v) is 5.14. The summed E-state index contributed by atoms with van der Waals surface area (Å²) in [4.78, 5) is 12.6. The predicted octanol–water partition coefficient (Wildman–Crippen LogP) is 4.28. The largest absolute Gasteiger partial charge is 0.393 e. The Kier molecular flexibility index (Phi) is 6.11. The van der Waals surface area contributed by atoms with Crippen LogP contribution < -0.4 is 5.32 Å². The molecule has 0 bridgehead atoms. The van der Waals surface area contributed by atoms with Crippen LogP contribution in [0.3, 0.4) is 0 Å². The second-order valence-corrected chi connectivity index (χ2v) is 7.23. The molecule has 1 aliphatic rings. The van der Waals surface area contributed by atoms with Crippen molar-refractivity contribution in [3.8, 4) is 0 Å². The quantitative estimate of drug-likeness (QED) is 0.839. The lowest BCUT2D eigenvalue weighted by atomic mass is 9.87. The SMILES string of the molecule is O=C(C[C@@H](c1ccccc1)c1cccc(Cl)c1)NC1CCC(O)CC1. The van der Waals surface area contributed by atoms with E-state index in [0.717, 1.165) is 36.8 Å². The lowest BCUT2D eigenvalue weighted by molar-refractivity contribution is -0.122. The van der Waals surface area contributed by atoms with Gasteiger partial charge in [-0.05, 0) is 48.9 Å². The van der Waals surface area contributed by atoms with Crippen molar-refractivity contribution >= 4 is 17.5 Å². The average molecular weight is 358 g/mol. The summed E-state index contributed by atoms with van der Waals surface area (Å²) in [5, 5.41) is 13.4. The molecule has 2 aromatic carbocycles. The number of hydrogen-bond acceptors (Lipinski definition) is 2. The third kappa shape index (κ3) is 5.07. The molecule has 0 aromatic heterocycles. The van der Waals surface area contributed by atoms with Crippen LogP contribution in [-0.4, -0.2) is 23.2 Å². The maximum Gasteiger partial charge on any atom is 0.221 e. The van der Waals surface area contributed by atoms with Crippen LogP contribution in [0.25, 0.3) is 0 Å². The van der Waals surface area contributed by atoms with E-state index in [0.29, 0.717) is 11.4 Å². The van der Waals surface area contributed by atoms with E-state index in [2.05, 4.69) is 17.4 Å². The number of rotatable bonds is 5. The molecule has 1 aliphatic carbocycles. The molecule has 0 radical (unpaired) electrons. The van der Waals surface area contributed by atoms with Crippen LogP contribution in [0, 0.1) is 0 Å². The molecule has 0 saturated heterocycles. The van der Waals surface area contributed by atoms with Crippen molar-refractivity contribution in [3.63, 3.8) is 0 Å². The Bertz CT molecular complexity index is 696. The van der Waals surface area contributed by atoms with Crippen LogP contribution in [0.1, 0.15) is 49.1 Å². The van der Waals surface area contributed by atoms with Gasteiger partial charge in [0, 0.05) is 23.4 Å². The van der Waals surface area contributed by atoms with Gasteiger partial charge in [-0.15, -0.1) is 0 Å². The van der Waals surface area contributed by atoms with E-state index in [1.807, 2.05) is 42.5 Å². The summed E-state index contributed by atoms with van der Waals surface area (Å²) in [5.74, 6) is 0.0318. The number of amides is 1. The molecule has 4 heteroatoms. The number of benzene rings is 2. The summed E-state index contributed by atoms with van der Waals surface area (Å²) in [5.41, 5.74) is 2.16. The van der Waals surface area contributed by atoms with E-state index >= 15 is 0 Å². The van der Waals surface area contributed by atoms with Gasteiger partial charge in [-0.3, -0.25) is 4.79 Å². The Morgan fingerprint density at radius 3 is 2.40 bits per heavy atom. The normalized spacial score (nSPS) is 21.5. The summed E-state index contributed by atoms with van der Waals surface area (Å²) in [6.45, 7) is 0. The number of carbonyl (C=O) groups is 1. The molecule has 1 fully saturated rings. The van der Waals surface area contributed by atoms with Gasteiger partial charge in [-0.1, -0.05) is 54.1 Å². The fraction of sp³-hybridized carbons (Fsp3) is 0.381. The number of hydrogen-bond donors (Lipinski definition) is 2. The van der Waals surface area contributed by atoms with Gasteiger partial charge < -0.3 is 10.4 Å². The first-order valence-electron chi connectivity index (χ1n) is 8.89. The molecule has 0 aliphatic heterocycles. The fourth-order valence-corrected chi connectivity index (χ4v) is 3.73. The predicted molar refractivity (Wildman–Crippen MR) is 101 cm³/mol. The molecule has 0 unspecified atom stereocenters. The van der Waals surface area contributed by atoms with E-state index in [1.54, 1.807) is 0 Å². The summed E-state index contributed by atoms with van der Waals surface area (Å²) in [6, 6.07) is 18.0. The molecule has 0 spiro atoms. The lowest BCUT2D eigenvalue weighted by Gasteiger charge is -2.27. The molecule has 3 rings (SSSR count). The zero-order valence-electron chi connectivity index (χ0n) is 14.2. The molecule has 0 heterocycles. The van der Waals surface area contributed by atoms with Gasteiger partial charge in [0.15, 0.2) is 0 Å². The summed E-state index contributed by atoms with van der Waals surface area (Å²) in [7, 11) is 0. The minimum absolute atomic E-state index is 0.0194. The van der Waals surface area contributed by atoms with Crippen molar-refractivity contribution in [2.75, 3.05) is 0 Å². The molecule has 2 aromatic rings. The van der Waals surface area contributed by atoms with Crippen molar-refractivity contribution in [2.24, 2.45) is 0 Å². The van der Waals surface area contributed by atoms with Crippen LogP contribution in [0.5, 0.6) is 0 Å². The summed E-state index contributed by atoms with van der Waals surface area (Å²) >= 11 is 6.16. The minimum atomic E-state index is -0.211. The highest BCUT2D eigenvalue weighted by Crippen LogP contribution is 2.30. The maximum atomic E-state index is 12.6. The number of aliphatic hydroxyl groups is 1. The van der Waals surface area contributed by atoms with E-state index in [4.69, 9.17) is 11.6 Å². The van der Waals surface area contributed by atoms with Crippen LogP contribution in [0.2, 0.25) is 5.02 Å². The second kappa shape index (κ2) is 8.50. The lowest BCUT2D eigenvalue weighted by Crippen LogP contribution is -2.39. The van der Waals surface area contributed by atoms with Crippen LogP contribution >= 0.6 is 11.6 Å². The Morgan fingerprint density at radius 2 is 1.72 bits per heavy atom. The van der Waals surface area contributed by atoms with Crippen molar-refractivity contribution in [1.82, 2.24) is 5.32 Å². The van der Waals surface area contributed by atoms with Crippen LogP contribution in [0.4, 0.5) is 0 Å². The van der Waals surface area contributed by atoms with E-state index < -0.39 is 0 Å². The number of aliphatic hydroxyl groups excluding tert-OH is 1. The monoisotopic (exact) mass is 357 g/mol. The van der Waals surface area contributed by atoms with Gasteiger partial charge >= 0.3 is 0 Å². The molecule has 132 valence electrons. The molecular formula is C21H24ClNO2. The number of nitrogens with one attached hydrogen (secondary N) is 1. The highest BCUT2D eigenvalue weighted by molar-refractivity contribution is 6.30. The summed E-state index contributed by atoms with van der Waals surface area (Å²) in [6.07, 6.45) is 3.41. The number of carbonyl (C=O) groups excluding carboxylic acids is 1. The molecule has 1 atom stereocenters. The molecule has 1 amide bonds. The van der Waals surface area contributed by atoms with Crippen molar-refractivity contribution in [1.29, 1.82) is 0 Å². The van der Waals surface area contributed by atoms with Crippen molar-refractivity contribution in [3.05, 3.63) is 70.7 Å². The van der Waals surface area contributed by atoms with Gasteiger partial charge in [0.2, 0.25) is 5.91 Å². The first kappa shape index (κ1) is 18.0. The minimum Gasteiger partial charge on any atom is -0.393 e. The average Bonchev–Trinajstić information content (AvgIpc) is 2.62. The van der Waals surface area contributed by atoms with Gasteiger partial charge in [0.1, 0.15) is 0 Å². The van der Waals surface area contributed by atoms with Crippen LogP contribution in [0.15, 0.2) is 54.6 Å². The molecule has 2 N–H and O–H groups in total. The van der Waals surface area contributed by atoms with Gasteiger partial charge in [0.25, 0.3) is 0 Å². The maximum absolute atomic E-state index is 12.6. The Balaban J connectivity index is 1.72. The standard InChI is InChI=1S/C21H24ClNO2/c22-17-8-4-7-16(13-17)20(15-5-2-1-3-6-15)14-21(25)23-18-9-11-19(24)12-10-18/h1-8,13,18-20,24H,9-12,14H2,(H,23,25)/t18?,19?,20-/m0/s1. The molecule has 25 heavy (non-hydrogen) atoms. The topological polar surface area (TPSA) is 49.3 Å². The van der Waals surface area contributed by atoms with E-state index in [9.17, 15) is 9.90 Å². The Morgan fingerprint density at radius 1 is 1.04 bits per heavy atom. The van der Waals surface area contributed by atoms with Crippen molar-refractivity contribution < 1.29 is 9.90 Å². The van der Waals surface area contributed by atoms with Gasteiger partial charge in [0.05, 0.1) is 6.10 Å². The van der Waals surface area contributed by atoms with Crippen molar-refractivity contribution in [2.45, 2.75) is 50.2 Å². The highest BCUT2D eigenvalue weighted by Gasteiger charge is 2.23. The Labute approximate surface area is 154 Å². The molecule has 3 nitrogen and oxygen atoms in total. The molecule has 1 saturated carbocycles. The second-order valence-electron chi connectivity index (χ2n) is 6.80.